The molecule has 0 fully saturated rings. The lowest BCUT2D eigenvalue weighted by Gasteiger charge is -2.18. The second kappa shape index (κ2) is 8.03. The summed E-state index contributed by atoms with van der Waals surface area (Å²) in [5.41, 5.74) is -0.123. The van der Waals surface area contributed by atoms with Gasteiger partial charge in [-0.2, -0.15) is 0 Å². The van der Waals surface area contributed by atoms with Crippen LogP contribution in [0.5, 0.6) is 0 Å². The van der Waals surface area contributed by atoms with Crippen LogP contribution in [0.2, 0.25) is 0 Å². The van der Waals surface area contributed by atoms with E-state index in [1.54, 1.807) is 13.1 Å². The van der Waals surface area contributed by atoms with Crippen LogP contribution in [0.25, 0.3) is 0 Å². The summed E-state index contributed by atoms with van der Waals surface area (Å²) in [7, 11) is 1.61. The summed E-state index contributed by atoms with van der Waals surface area (Å²) in [5.74, 6) is 0.522. The van der Waals surface area contributed by atoms with Gasteiger partial charge in [-0.05, 0) is 19.4 Å². The Morgan fingerprint density at radius 1 is 1.43 bits per heavy atom. The molecule has 1 aromatic heterocycles. The van der Waals surface area contributed by atoms with Gasteiger partial charge in [0.25, 0.3) is 0 Å². The number of likely N-dealkylation sites (N-methyl/N-ethyl adjacent to an activating group) is 1. The zero-order valence-electron chi connectivity index (χ0n) is 12.5. The summed E-state index contributed by atoms with van der Waals surface area (Å²) in [4.78, 5) is 28.0. The molecular formula is C13H21N5O3. The second-order valence-corrected chi connectivity index (χ2v) is 4.53. The molecule has 1 aromatic rings. The Hall–Kier alpha value is -2.38. The molecule has 0 bridgehead atoms. The second-order valence-electron chi connectivity index (χ2n) is 4.53. The van der Waals surface area contributed by atoms with Crippen LogP contribution in [0.3, 0.4) is 0 Å². The van der Waals surface area contributed by atoms with Crippen LogP contribution in [0.4, 0.5) is 17.3 Å². The van der Waals surface area contributed by atoms with Gasteiger partial charge in [0.15, 0.2) is 0 Å². The molecule has 0 saturated carbocycles. The fourth-order valence-electron chi connectivity index (χ4n) is 1.75. The van der Waals surface area contributed by atoms with Crippen LogP contribution in [0.15, 0.2) is 12.1 Å². The highest BCUT2D eigenvalue weighted by atomic mass is 16.6. The van der Waals surface area contributed by atoms with E-state index in [0.29, 0.717) is 18.9 Å². The topological polar surface area (TPSA) is 100 Å². The normalized spacial score (nSPS) is 10.0. The Morgan fingerprint density at radius 2 is 2.14 bits per heavy atom. The number of carbonyl (C=O) groups excluding carboxylic acids is 1. The first kappa shape index (κ1) is 16.7. The fourth-order valence-corrected chi connectivity index (χ4v) is 1.75. The lowest BCUT2D eigenvalue weighted by molar-refractivity contribution is -0.384. The molecule has 1 heterocycles. The lowest BCUT2D eigenvalue weighted by Crippen LogP contribution is -2.36. The highest BCUT2D eigenvalue weighted by Gasteiger charge is 2.21. The molecule has 0 unspecified atom stereocenters. The minimum Gasteiger partial charge on any atom is -0.370 e. The SMILES string of the molecule is CCCNC(=O)CN(C)c1nc(NCC)ccc1[N+](=O)[O-]. The predicted octanol–water partition coefficient (Wildman–Crippen LogP) is 1.38. The third kappa shape index (κ3) is 4.90. The Morgan fingerprint density at radius 3 is 2.71 bits per heavy atom. The van der Waals surface area contributed by atoms with Crippen LogP contribution in [0, 0.1) is 10.1 Å². The van der Waals surface area contributed by atoms with Gasteiger partial charge in [-0.1, -0.05) is 6.92 Å². The van der Waals surface area contributed by atoms with Crippen molar-refractivity contribution in [1.82, 2.24) is 10.3 Å². The van der Waals surface area contributed by atoms with Gasteiger partial charge in [0.1, 0.15) is 5.82 Å². The first-order chi connectivity index (χ1) is 9.99. The van der Waals surface area contributed by atoms with E-state index in [0.717, 1.165) is 6.42 Å². The van der Waals surface area contributed by atoms with Gasteiger partial charge in [0.2, 0.25) is 11.7 Å². The van der Waals surface area contributed by atoms with Gasteiger partial charge in [-0.15, -0.1) is 0 Å². The van der Waals surface area contributed by atoms with Crippen LogP contribution in [-0.4, -0.2) is 42.5 Å². The van der Waals surface area contributed by atoms with E-state index in [-0.39, 0.29) is 24.0 Å². The van der Waals surface area contributed by atoms with Crippen LogP contribution < -0.4 is 15.5 Å². The molecule has 8 nitrogen and oxygen atoms in total. The largest absolute Gasteiger partial charge is 0.370 e. The van der Waals surface area contributed by atoms with Crippen LogP contribution in [0.1, 0.15) is 20.3 Å². The molecule has 0 aliphatic carbocycles. The minimum atomic E-state index is -0.501. The fraction of sp³-hybridized carbons (Fsp3) is 0.538. The Kier molecular flexibility index (Phi) is 6.38. The molecule has 0 aliphatic rings. The van der Waals surface area contributed by atoms with Crippen molar-refractivity contribution in [3.63, 3.8) is 0 Å². The number of hydrogen-bond donors (Lipinski definition) is 2. The number of anilines is 2. The molecule has 116 valence electrons. The number of pyridine rings is 1. The number of nitrogens with one attached hydrogen (secondary N) is 2. The molecule has 0 atom stereocenters. The van der Waals surface area contributed by atoms with Gasteiger partial charge >= 0.3 is 5.69 Å². The molecule has 1 rings (SSSR count). The standard InChI is InChI=1S/C13H21N5O3/c1-4-8-15-12(19)9-17(3)13-10(18(20)21)6-7-11(16-13)14-5-2/h6-7H,4-5,8-9H2,1-3H3,(H,14,16)(H,15,19). The van der Waals surface area contributed by atoms with Crippen molar-refractivity contribution >= 4 is 23.2 Å². The number of rotatable bonds is 8. The van der Waals surface area contributed by atoms with E-state index in [9.17, 15) is 14.9 Å². The maximum Gasteiger partial charge on any atom is 0.311 e. The molecule has 0 radical (unpaired) electrons. The van der Waals surface area contributed by atoms with Crippen LogP contribution >= 0.6 is 0 Å². The van der Waals surface area contributed by atoms with E-state index in [1.165, 1.54) is 11.0 Å². The van der Waals surface area contributed by atoms with Crippen molar-refractivity contribution in [3.8, 4) is 0 Å². The maximum atomic E-state index is 11.7. The van der Waals surface area contributed by atoms with Crippen molar-refractivity contribution < 1.29 is 9.72 Å². The van der Waals surface area contributed by atoms with Gasteiger partial charge in [0, 0.05) is 26.2 Å². The van der Waals surface area contributed by atoms with E-state index in [4.69, 9.17) is 0 Å². The van der Waals surface area contributed by atoms with E-state index in [1.807, 2.05) is 13.8 Å². The van der Waals surface area contributed by atoms with Gasteiger partial charge in [-0.3, -0.25) is 14.9 Å². The molecule has 0 saturated heterocycles. The summed E-state index contributed by atoms with van der Waals surface area (Å²) < 4.78 is 0. The summed E-state index contributed by atoms with van der Waals surface area (Å²) in [6.45, 7) is 5.12. The number of nitrogens with zero attached hydrogens (tertiary/aromatic N) is 3. The Bertz CT molecular complexity index is 507. The lowest BCUT2D eigenvalue weighted by atomic mass is 10.3. The number of amides is 1. The molecule has 0 aromatic carbocycles. The average molecular weight is 295 g/mol. The summed E-state index contributed by atoms with van der Waals surface area (Å²) in [6, 6.07) is 2.94. The smallest absolute Gasteiger partial charge is 0.311 e. The summed E-state index contributed by atoms with van der Waals surface area (Å²) in [5, 5.41) is 16.8. The number of aromatic nitrogens is 1. The third-order valence-corrected chi connectivity index (χ3v) is 2.72. The molecule has 1 amide bonds. The summed E-state index contributed by atoms with van der Waals surface area (Å²) in [6.07, 6.45) is 0.837. The van der Waals surface area contributed by atoms with Crippen molar-refractivity contribution in [1.29, 1.82) is 0 Å². The predicted molar refractivity (Wildman–Crippen MR) is 81.6 cm³/mol. The van der Waals surface area contributed by atoms with Crippen molar-refractivity contribution in [2.75, 3.05) is 36.9 Å². The van der Waals surface area contributed by atoms with Crippen molar-refractivity contribution in [3.05, 3.63) is 22.2 Å². The molecule has 8 heteroatoms. The first-order valence-electron chi connectivity index (χ1n) is 6.86. The van der Waals surface area contributed by atoms with Gasteiger partial charge < -0.3 is 15.5 Å². The Labute approximate surface area is 123 Å². The zero-order valence-corrected chi connectivity index (χ0v) is 12.5. The Balaban J connectivity index is 2.93. The monoisotopic (exact) mass is 295 g/mol. The molecular weight excluding hydrogens is 274 g/mol. The molecule has 0 aliphatic heterocycles. The quantitative estimate of drug-likeness (QED) is 0.555. The zero-order chi connectivity index (χ0) is 15.8. The number of carbonyl (C=O) groups is 1. The minimum absolute atomic E-state index is 0.0173. The summed E-state index contributed by atoms with van der Waals surface area (Å²) >= 11 is 0. The van der Waals surface area contributed by atoms with E-state index in [2.05, 4.69) is 15.6 Å². The van der Waals surface area contributed by atoms with E-state index < -0.39 is 4.92 Å². The van der Waals surface area contributed by atoms with Gasteiger partial charge in [0.05, 0.1) is 11.5 Å². The van der Waals surface area contributed by atoms with Crippen molar-refractivity contribution in [2.45, 2.75) is 20.3 Å². The van der Waals surface area contributed by atoms with Crippen molar-refractivity contribution in [2.24, 2.45) is 0 Å². The number of nitro groups is 1. The van der Waals surface area contributed by atoms with Crippen LogP contribution in [-0.2, 0) is 4.79 Å². The third-order valence-electron chi connectivity index (χ3n) is 2.72. The average Bonchev–Trinajstić information content (AvgIpc) is 2.45. The van der Waals surface area contributed by atoms with E-state index >= 15 is 0 Å². The first-order valence-corrected chi connectivity index (χ1v) is 6.86. The molecule has 2 N–H and O–H groups in total. The number of hydrogen-bond acceptors (Lipinski definition) is 6. The highest BCUT2D eigenvalue weighted by Crippen LogP contribution is 2.26. The van der Waals surface area contributed by atoms with Gasteiger partial charge in [-0.25, -0.2) is 4.98 Å². The molecule has 21 heavy (non-hydrogen) atoms. The highest BCUT2D eigenvalue weighted by molar-refractivity contribution is 5.81. The molecule has 0 spiro atoms. The maximum absolute atomic E-state index is 11.7.